The SMILES string of the molecule is N#CC1(c2ccc(NC(=O)c3cccc(Cl)c3Cl)cc2)CCCC1. The second-order valence-corrected chi connectivity index (χ2v) is 6.82. The van der Waals surface area contributed by atoms with Gasteiger partial charge in [0.05, 0.1) is 27.1 Å². The number of amides is 1. The summed E-state index contributed by atoms with van der Waals surface area (Å²) in [6.45, 7) is 0. The third kappa shape index (κ3) is 3.13. The number of anilines is 1. The summed E-state index contributed by atoms with van der Waals surface area (Å²) in [6.07, 6.45) is 3.96. The van der Waals surface area contributed by atoms with Crippen LogP contribution in [0.15, 0.2) is 42.5 Å². The maximum Gasteiger partial charge on any atom is 0.257 e. The van der Waals surface area contributed by atoms with Gasteiger partial charge in [0.2, 0.25) is 0 Å². The van der Waals surface area contributed by atoms with Crippen molar-refractivity contribution in [2.75, 3.05) is 5.32 Å². The quantitative estimate of drug-likeness (QED) is 0.778. The minimum atomic E-state index is -0.376. The Hall–Kier alpha value is -2.02. The third-order valence-electron chi connectivity index (χ3n) is 4.56. The molecule has 3 nitrogen and oxygen atoms in total. The summed E-state index contributed by atoms with van der Waals surface area (Å²) in [7, 11) is 0. The molecule has 0 spiro atoms. The molecule has 0 aromatic heterocycles. The van der Waals surface area contributed by atoms with Gasteiger partial charge in [-0.3, -0.25) is 4.79 Å². The molecule has 3 rings (SSSR count). The molecule has 0 atom stereocenters. The van der Waals surface area contributed by atoms with E-state index in [0.717, 1.165) is 31.2 Å². The van der Waals surface area contributed by atoms with Crippen LogP contribution in [0.3, 0.4) is 0 Å². The second-order valence-electron chi connectivity index (χ2n) is 6.03. The Morgan fingerprint density at radius 2 is 1.75 bits per heavy atom. The predicted octanol–water partition coefficient (Wildman–Crippen LogP) is 5.58. The summed E-state index contributed by atoms with van der Waals surface area (Å²) in [5.74, 6) is -0.314. The summed E-state index contributed by atoms with van der Waals surface area (Å²) in [5.41, 5.74) is 1.63. The number of benzene rings is 2. The Kier molecular flexibility index (Phi) is 4.80. The molecule has 0 bridgehead atoms. The van der Waals surface area contributed by atoms with E-state index < -0.39 is 0 Å². The molecule has 0 unspecified atom stereocenters. The molecule has 2 aromatic carbocycles. The lowest BCUT2D eigenvalue weighted by atomic mass is 9.80. The van der Waals surface area contributed by atoms with Crippen molar-refractivity contribution in [1.29, 1.82) is 5.26 Å². The van der Waals surface area contributed by atoms with Gasteiger partial charge in [-0.25, -0.2) is 0 Å². The van der Waals surface area contributed by atoms with Crippen LogP contribution in [0.1, 0.15) is 41.6 Å². The normalized spacial score (nSPS) is 15.7. The second kappa shape index (κ2) is 6.84. The first-order valence-corrected chi connectivity index (χ1v) is 8.58. The average molecular weight is 359 g/mol. The number of nitriles is 1. The molecule has 0 heterocycles. The Labute approximate surface area is 151 Å². The summed E-state index contributed by atoms with van der Waals surface area (Å²) in [4.78, 5) is 12.3. The van der Waals surface area contributed by atoms with Gasteiger partial charge in [-0.2, -0.15) is 5.26 Å². The van der Waals surface area contributed by atoms with Crippen LogP contribution in [0.4, 0.5) is 5.69 Å². The fourth-order valence-corrected chi connectivity index (χ4v) is 3.58. The number of carbonyl (C=O) groups is 1. The maximum atomic E-state index is 12.3. The molecule has 24 heavy (non-hydrogen) atoms. The maximum absolute atomic E-state index is 12.3. The lowest BCUT2D eigenvalue weighted by Crippen LogP contribution is -2.19. The molecule has 1 N–H and O–H groups in total. The van der Waals surface area contributed by atoms with E-state index in [2.05, 4.69) is 11.4 Å². The molecular formula is C19H16Cl2N2O. The molecule has 2 aromatic rings. The lowest BCUT2D eigenvalue weighted by molar-refractivity contribution is 0.102. The van der Waals surface area contributed by atoms with Gasteiger partial charge in [0, 0.05) is 5.69 Å². The van der Waals surface area contributed by atoms with Crippen LogP contribution in [0.5, 0.6) is 0 Å². The molecule has 122 valence electrons. The number of nitrogens with zero attached hydrogens (tertiary/aromatic N) is 1. The van der Waals surface area contributed by atoms with E-state index in [9.17, 15) is 10.1 Å². The minimum Gasteiger partial charge on any atom is -0.322 e. The molecule has 1 fully saturated rings. The van der Waals surface area contributed by atoms with Crippen molar-refractivity contribution in [3.8, 4) is 6.07 Å². The lowest BCUT2D eigenvalue weighted by Gasteiger charge is -2.21. The highest BCUT2D eigenvalue weighted by atomic mass is 35.5. The van der Waals surface area contributed by atoms with Crippen LogP contribution in [0, 0.1) is 11.3 Å². The van der Waals surface area contributed by atoms with Crippen molar-refractivity contribution in [1.82, 2.24) is 0 Å². The average Bonchev–Trinajstić information content (AvgIpc) is 3.08. The zero-order valence-corrected chi connectivity index (χ0v) is 14.5. The Balaban J connectivity index is 1.78. The topological polar surface area (TPSA) is 52.9 Å². The number of rotatable bonds is 3. The van der Waals surface area contributed by atoms with Gasteiger partial charge < -0.3 is 5.32 Å². The number of hydrogen-bond donors (Lipinski definition) is 1. The summed E-state index contributed by atoms with van der Waals surface area (Å²) < 4.78 is 0. The molecule has 5 heteroatoms. The standard InChI is InChI=1S/C19H16Cl2N2O/c20-16-5-3-4-15(17(16)21)18(24)23-14-8-6-13(7-9-14)19(12-22)10-1-2-11-19/h3-9H,1-2,10-11H2,(H,23,24). The molecule has 0 radical (unpaired) electrons. The minimum absolute atomic E-state index is 0.239. The van der Waals surface area contributed by atoms with E-state index in [4.69, 9.17) is 23.2 Å². The summed E-state index contributed by atoms with van der Waals surface area (Å²) >= 11 is 12.0. The van der Waals surface area contributed by atoms with Gasteiger partial charge in [-0.15, -0.1) is 0 Å². The first kappa shape index (κ1) is 16.8. The van der Waals surface area contributed by atoms with E-state index in [-0.39, 0.29) is 16.3 Å². The number of nitrogens with one attached hydrogen (secondary N) is 1. The Morgan fingerprint density at radius 3 is 2.38 bits per heavy atom. The molecule has 1 aliphatic rings. The van der Waals surface area contributed by atoms with Crippen molar-refractivity contribution in [2.24, 2.45) is 0 Å². The van der Waals surface area contributed by atoms with Gasteiger partial charge in [0.25, 0.3) is 5.91 Å². The van der Waals surface area contributed by atoms with Crippen LogP contribution in [0.25, 0.3) is 0 Å². The van der Waals surface area contributed by atoms with Gasteiger partial charge in [-0.1, -0.05) is 54.2 Å². The largest absolute Gasteiger partial charge is 0.322 e. The summed E-state index contributed by atoms with van der Waals surface area (Å²) in [6, 6.07) is 14.9. The molecular weight excluding hydrogens is 343 g/mol. The monoisotopic (exact) mass is 358 g/mol. The van der Waals surface area contributed by atoms with Gasteiger partial charge >= 0.3 is 0 Å². The number of carbonyl (C=O) groups excluding carboxylic acids is 1. The van der Waals surface area contributed by atoms with E-state index >= 15 is 0 Å². The fourth-order valence-electron chi connectivity index (χ4n) is 3.19. The third-order valence-corrected chi connectivity index (χ3v) is 5.38. The highest BCUT2D eigenvalue weighted by molar-refractivity contribution is 6.44. The van der Waals surface area contributed by atoms with E-state index in [0.29, 0.717) is 16.3 Å². The smallest absolute Gasteiger partial charge is 0.257 e. The molecule has 0 saturated heterocycles. The fraction of sp³-hybridized carbons (Fsp3) is 0.263. The van der Waals surface area contributed by atoms with Gasteiger partial charge in [-0.05, 0) is 42.7 Å². The highest BCUT2D eigenvalue weighted by Gasteiger charge is 2.35. The molecule has 1 amide bonds. The zero-order valence-electron chi connectivity index (χ0n) is 13.0. The number of hydrogen-bond acceptors (Lipinski definition) is 2. The predicted molar refractivity (Wildman–Crippen MR) is 96.6 cm³/mol. The zero-order chi connectivity index (χ0) is 17.2. The molecule has 0 aliphatic heterocycles. The highest BCUT2D eigenvalue weighted by Crippen LogP contribution is 2.40. The van der Waals surface area contributed by atoms with Crippen LogP contribution in [-0.4, -0.2) is 5.91 Å². The van der Waals surface area contributed by atoms with Crippen molar-refractivity contribution in [3.05, 3.63) is 63.6 Å². The van der Waals surface area contributed by atoms with Crippen molar-refractivity contribution >= 4 is 34.8 Å². The van der Waals surface area contributed by atoms with Crippen LogP contribution < -0.4 is 5.32 Å². The van der Waals surface area contributed by atoms with Gasteiger partial charge in [0.1, 0.15) is 0 Å². The summed E-state index contributed by atoms with van der Waals surface area (Å²) in [5, 5.41) is 12.9. The van der Waals surface area contributed by atoms with Crippen molar-refractivity contribution in [2.45, 2.75) is 31.1 Å². The Bertz CT molecular complexity index is 803. The van der Waals surface area contributed by atoms with Crippen molar-refractivity contribution in [3.63, 3.8) is 0 Å². The van der Waals surface area contributed by atoms with Crippen LogP contribution >= 0.6 is 23.2 Å². The van der Waals surface area contributed by atoms with E-state index in [1.54, 1.807) is 18.2 Å². The first-order valence-electron chi connectivity index (χ1n) is 7.83. The van der Waals surface area contributed by atoms with E-state index in [1.807, 2.05) is 24.3 Å². The number of halogens is 2. The van der Waals surface area contributed by atoms with Gasteiger partial charge in [0.15, 0.2) is 0 Å². The first-order chi connectivity index (χ1) is 11.6. The van der Waals surface area contributed by atoms with Crippen LogP contribution in [0.2, 0.25) is 10.0 Å². The van der Waals surface area contributed by atoms with Crippen molar-refractivity contribution < 1.29 is 4.79 Å². The molecule has 1 aliphatic carbocycles. The Morgan fingerprint density at radius 1 is 1.08 bits per heavy atom. The van der Waals surface area contributed by atoms with Crippen LogP contribution in [-0.2, 0) is 5.41 Å². The molecule has 1 saturated carbocycles. The van der Waals surface area contributed by atoms with E-state index in [1.165, 1.54) is 0 Å².